The van der Waals surface area contributed by atoms with Crippen molar-refractivity contribution in [1.29, 1.82) is 0 Å². The van der Waals surface area contributed by atoms with Gasteiger partial charge in [-0.25, -0.2) is 5.84 Å². The van der Waals surface area contributed by atoms with Gasteiger partial charge in [-0.3, -0.25) is 10.2 Å². The predicted octanol–water partition coefficient (Wildman–Crippen LogP) is 1.82. The van der Waals surface area contributed by atoms with E-state index >= 15 is 0 Å². The summed E-state index contributed by atoms with van der Waals surface area (Å²) < 4.78 is 0. The van der Waals surface area contributed by atoms with Gasteiger partial charge in [-0.15, -0.1) is 0 Å². The highest BCUT2D eigenvalue weighted by Gasteiger charge is 2.15. The Kier molecular flexibility index (Phi) is 3.70. The van der Waals surface area contributed by atoms with E-state index in [9.17, 15) is 4.79 Å². The number of hydrogen-bond acceptors (Lipinski definition) is 2. The van der Waals surface area contributed by atoms with Crippen LogP contribution < -0.4 is 11.3 Å². The number of nitrogens with one attached hydrogen (secondary N) is 1. The van der Waals surface area contributed by atoms with E-state index in [4.69, 9.17) is 5.84 Å². The van der Waals surface area contributed by atoms with Crippen molar-refractivity contribution >= 4 is 5.91 Å². The highest BCUT2D eigenvalue weighted by atomic mass is 16.2. The molecular weight excluding hydrogens is 200 g/mol. The summed E-state index contributed by atoms with van der Waals surface area (Å²) in [6.07, 6.45) is 0.340. The van der Waals surface area contributed by atoms with Crippen LogP contribution >= 0.6 is 0 Å². The zero-order chi connectivity index (χ0) is 12.3. The minimum absolute atomic E-state index is 0.0989. The second-order valence-electron chi connectivity index (χ2n) is 5.14. The van der Waals surface area contributed by atoms with Gasteiger partial charge in [-0.05, 0) is 29.0 Å². The molecule has 1 aromatic rings. The summed E-state index contributed by atoms with van der Waals surface area (Å²) in [5, 5.41) is 0. The summed E-state index contributed by atoms with van der Waals surface area (Å²) >= 11 is 0. The largest absolute Gasteiger partial charge is 0.294 e. The number of hydrazine groups is 1. The van der Waals surface area contributed by atoms with Crippen molar-refractivity contribution in [3.05, 3.63) is 34.9 Å². The first-order valence-corrected chi connectivity index (χ1v) is 5.44. The Bertz CT molecular complexity index is 391. The third-order valence-corrected chi connectivity index (χ3v) is 2.73. The average molecular weight is 220 g/mol. The smallest absolute Gasteiger partial charge is 0.238 e. The van der Waals surface area contributed by atoms with E-state index in [0.29, 0.717) is 6.42 Å². The maximum atomic E-state index is 11.3. The van der Waals surface area contributed by atoms with Crippen molar-refractivity contribution in [3.63, 3.8) is 0 Å². The zero-order valence-corrected chi connectivity index (χ0v) is 10.4. The van der Waals surface area contributed by atoms with E-state index in [1.165, 1.54) is 5.56 Å². The van der Waals surface area contributed by atoms with Gasteiger partial charge in [-0.1, -0.05) is 39.0 Å². The van der Waals surface area contributed by atoms with Gasteiger partial charge in [0.15, 0.2) is 0 Å². The number of carbonyl (C=O) groups is 1. The fourth-order valence-electron chi connectivity index (χ4n) is 1.55. The molecular formula is C13H20N2O. The molecule has 0 heterocycles. The summed E-state index contributed by atoms with van der Waals surface area (Å²) in [4.78, 5) is 11.3. The molecule has 0 aliphatic heterocycles. The first-order chi connectivity index (χ1) is 7.34. The molecule has 0 saturated heterocycles. The van der Waals surface area contributed by atoms with Crippen LogP contribution in [0.5, 0.6) is 0 Å². The summed E-state index contributed by atoms with van der Waals surface area (Å²) in [7, 11) is 0. The fourth-order valence-corrected chi connectivity index (χ4v) is 1.55. The lowest BCUT2D eigenvalue weighted by Gasteiger charge is -2.20. The van der Waals surface area contributed by atoms with Crippen LogP contribution in [0.15, 0.2) is 18.2 Å². The summed E-state index contributed by atoms with van der Waals surface area (Å²) in [6, 6.07) is 6.25. The van der Waals surface area contributed by atoms with Crippen LogP contribution in [0.1, 0.15) is 37.5 Å². The monoisotopic (exact) mass is 220 g/mol. The van der Waals surface area contributed by atoms with Crippen molar-refractivity contribution in [1.82, 2.24) is 5.43 Å². The molecule has 0 radical (unpaired) electrons. The molecule has 88 valence electrons. The molecule has 0 saturated carbocycles. The molecule has 0 fully saturated rings. The normalized spacial score (nSPS) is 11.3. The molecule has 3 heteroatoms. The van der Waals surface area contributed by atoms with E-state index in [0.717, 1.165) is 11.1 Å². The minimum Gasteiger partial charge on any atom is -0.294 e. The van der Waals surface area contributed by atoms with E-state index in [1.54, 1.807) is 0 Å². The van der Waals surface area contributed by atoms with Gasteiger partial charge in [0.05, 0.1) is 6.42 Å². The molecule has 3 nitrogen and oxygen atoms in total. The van der Waals surface area contributed by atoms with Crippen molar-refractivity contribution in [2.24, 2.45) is 5.84 Å². The minimum atomic E-state index is -0.158. The van der Waals surface area contributed by atoms with Crippen LogP contribution in [-0.2, 0) is 16.6 Å². The molecule has 0 aliphatic carbocycles. The molecule has 1 rings (SSSR count). The van der Waals surface area contributed by atoms with E-state index in [1.807, 2.05) is 6.92 Å². The molecule has 0 aromatic heterocycles. The van der Waals surface area contributed by atoms with Gasteiger partial charge in [0, 0.05) is 0 Å². The maximum absolute atomic E-state index is 11.3. The molecule has 0 spiro atoms. The van der Waals surface area contributed by atoms with E-state index in [-0.39, 0.29) is 11.3 Å². The number of hydrogen-bond donors (Lipinski definition) is 2. The number of benzene rings is 1. The lowest BCUT2D eigenvalue weighted by molar-refractivity contribution is -0.120. The van der Waals surface area contributed by atoms with E-state index < -0.39 is 0 Å². The standard InChI is InChI=1S/C13H20N2O/c1-9-5-6-11(13(2,3)4)7-10(9)8-12(16)15-14/h5-7H,8,14H2,1-4H3,(H,15,16). The van der Waals surface area contributed by atoms with Gasteiger partial charge in [0.2, 0.25) is 5.91 Å². The molecule has 3 N–H and O–H groups in total. The Labute approximate surface area is 97.0 Å². The Balaban J connectivity index is 3.04. The second kappa shape index (κ2) is 4.66. The van der Waals surface area contributed by atoms with Crippen LogP contribution in [-0.4, -0.2) is 5.91 Å². The third kappa shape index (κ3) is 3.07. The van der Waals surface area contributed by atoms with Crippen molar-refractivity contribution < 1.29 is 4.79 Å². The lowest BCUT2D eigenvalue weighted by Crippen LogP contribution is -2.31. The van der Waals surface area contributed by atoms with Crippen LogP contribution in [0, 0.1) is 6.92 Å². The van der Waals surface area contributed by atoms with Gasteiger partial charge in [0.1, 0.15) is 0 Å². The van der Waals surface area contributed by atoms with Gasteiger partial charge in [0.25, 0.3) is 0 Å². The summed E-state index contributed by atoms with van der Waals surface area (Å²) in [5.41, 5.74) is 5.65. The maximum Gasteiger partial charge on any atom is 0.238 e. The van der Waals surface area contributed by atoms with Gasteiger partial charge in [-0.2, -0.15) is 0 Å². The summed E-state index contributed by atoms with van der Waals surface area (Å²) in [6.45, 7) is 8.48. The van der Waals surface area contributed by atoms with Crippen molar-refractivity contribution in [2.75, 3.05) is 0 Å². The highest BCUT2D eigenvalue weighted by molar-refractivity contribution is 5.78. The number of rotatable bonds is 2. The van der Waals surface area contributed by atoms with Gasteiger partial charge < -0.3 is 0 Å². The lowest BCUT2D eigenvalue weighted by atomic mass is 9.85. The predicted molar refractivity (Wildman–Crippen MR) is 65.9 cm³/mol. The second-order valence-corrected chi connectivity index (χ2v) is 5.14. The van der Waals surface area contributed by atoms with Crippen LogP contribution in [0.4, 0.5) is 0 Å². The third-order valence-electron chi connectivity index (χ3n) is 2.73. The van der Waals surface area contributed by atoms with Crippen molar-refractivity contribution in [2.45, 2.75) is 39.5 Å². The van der Waals surface area contributed by atoms with Gasteiger partial charge >= 0.3 is 0 Å². The molecule has 0 bridgehead atoms. The molecule has 1 amide bonds. The molecule has 0 atom stereocenters. The number of aryl methyl sites for hydroxylation is 1. The van der Waals surface area contributed by atoms with Crippen LogP contribution in [0.2, 0.25) is 0 Å². The molecule has 0 unspecified atom stereocenters. The quantitative estimate of drug-likeness (QED) is 0.454. The molecule has 16 heavy (non-hydrogen) atoms. The molecule has 0 aliphatic rings. The van der Waals surface area contributed by atoms with E-state index in [2.05, 4.69) is 44.4 Å². The zero-order valence-electron chi connectivity index (χ0n) is 10.4. The Morgan fingerprint density at radius 3 is 2.50 bits per heavy atom. The fraction of sp³-hybridized carbons (Fsp3) is 0.462. The number of nitrogens with two attached hydrogens (primary N) is 1. The van der Waals surface area contributed by atoms with Crippen LogP contribution in [0.3, 0.4) is 0 Å². The Morgan fingerprint density at radius 1 is 1.38 bits per heavy atom. The van der Waals surface area contributed by atoms with Crippen LogP contribution in [0.25, 0.3) is 0 Å². The average Bonchev–Trinajstić information content (AvgIpc) is 2.19. The highest BCUT2D eigenvalue weighted by Crippen LogP contribution is 2.24. The SMILES string of the molecule is Cc1ccc(C(C)(C)C)cc1CC(=O)NN. The Hall–Kier alpha value is -1.35. The Morgan fingerprint density at radius 2 is 2.00 bits per heavy atom. The number of amides is 1. The topological polar surface area (TPSA) is 55.1 Å². The molecule has 1 aromatic carbocycles. The number of carbonyl (C=O) groups excluding carboxylic acids is 1. The first kappa shape index (κ1) is 12.7. The van der Waals surface area contributed by atoms with Crippen molar-refractivity contribution in [3.8, 4) is 0 Å². The summed E-state index contributed by atoms with van der Waals surface area (Å²) in [5.74, 6) is 4.94. The first-order valence-electron chi connectivity index (χ1n) is 5.44.